The van der Waals surface area contributed by atoms with Crippen LogP contribution in [0.4, 0.5) is 0 Å². The number of thiocarbonyl (C=S) groups is 1. The zero-order valence-electron chi connectivity index (χ0n) is 9.44. The summed E-state index contributed by atoms with van der Waals surface area (Å²) < 4.78 is 22.6. The Morgan fingerprint density at radius 3 is 2.41 bits per heavy atom. The van der Waals surface area contributed by atoms with Crippen molar-refractivity contribution >= 4 is 33.0 Å². The lowest BCUT2D eigenvalue weighted by Gasteiger charge is -2.39. The van der Waals surface area contributed by atoms with Gasteiger partial charge in [0.1, 0.15) is 0 Å². The lowest BCUT2D eigenvalue weighted by atomic mass is 9.68. The molecule has 17 heavy (non-hydrogen) atoms. The van der Waals surface area contributed by atoms with Crippen molar-refractivity contribution < 1.29 is 13.2 Å². The Morgan fingerprint density at radius 1 is 1.41 bits per heavy atom. The molecular formula is C10H16N2O3S2. The van der Waals surface area contributed by atoms with Gasteiger partial charge in [0.05, 0.1) is 21.9 Å². The van der Waals surface area contributed by atoms with E-state index in [0.29, 0.717) is 19.3 Å². The van der Waals surface area contributed by atoms with E-state index in [-0.39, 0.29) is 28.4 Å². The Balaban J connectivity index is 2.00. The summed E-state index contributed by atoms with van der Waals surface area (Å²) in [5, 5.41) is 2.77. The van der Waals surface area contributed by atoms with Crippen LogP contribution in [0.25, 0.3) is 0 Å². The fourth-order valence-corrected chi connectivity index (χ4v) is 4.32. The van der Waals surface area contributed by atoms with Crippen molar-refractivity contribution in [3.05, 3.63) is 0 Å². The van der Waals surface area contributed by atoms with Gasteiger partial charge < -0.3 is 11.1 Å². The van der Waals surface area contributed by atoms with Crippen LogP contribution in [0.5, 0.6) is 0 Å². The molecule has 1 unspecified atom stereocenters. The van der Waals surface area contributed by atoms with Crippen LogP contribution in [0.1, 0.15) is 25.7 Å². The summed E-state index contributed by atoms with van der Waals surface area (Å²) in [5.74, 6) is -0.0113. The Kier molecular flexibility index (Phi) is 3.15. The molecule has 2 aliphatic rings. The van der Waals surface area contributed by atoms with Crippen molar-refractivity contribution in [1.82, 2.24) is 5.32 Å². The van der Waals surface area contributed by atoms with Crippen LogP contribution in [-0.4, -0.2) is 36.9 Å². The summed E-state index contributed by atoms with van der Waals surface area (Å²) in [6.45, 7) is 0. The van der Waals surface area contributed by atoms with Crippen LogP contribution >= 0.6 is 12.2 Å². The normalized spacial score (nSPS) is 29.3. The molecule has 2 fully saturated rings. The largest absolute Gasteiger partial charge is 0.392 e. The average Bonchev–Trinajstić information content (AvgIpc) is 2.42. The molecule has 7 heteroatoms. The molecule has 1 heterocycles. The van der Waals surface area contributed by atoms with Crippen molar-refractivity contribution in [3.63, 3.8) is 0 Å². The highest BCUT2D eigenvalue weighted by molar-refractivity contribution is 7.91. The minimum atomic E-state index is -2.97. The first-order valence-corrected chi connectivity index (χ1v) is 7.90. The quantitative estimate of drug-likeness (QED) is 0.694. The van der Waals surface area contributed by atoms with Gasteiger partial charge in [-0.2, -0.15) is 0 Å². The van der Waals surface area contributed by atoms with Gasteiger partial charge in [0, 0.05) is 6.04 Å². The maximum absolute atomic E-state index is 12.1. The Labute approximate surface area is 106 Å². The third-order valence-corrected chi connectivity index (χ3v) is 5.84. The van der Waals surface area contributed by atoms with Crippen molar-refractivity contribution in [1.29, 1.82) is 0 Å². The Hall–Kier alpha value is -0.690. The topological polar surface area (TPSA) is 89.3 Å². The number of nitrogens with one attached hydrogen (secondary N) is 1. The molecule has 1 aliphatic carbocycles. The second-order valence-electron chi connectivity index (χ2n) is 4.87. The molecule has 0 aromatic rings. The maximum atomic E-state index is 12.1. The summed E-state index contributed by atoms with van der Waals surface area (Å²) >= 11 is 4.94. The predicted octanol–water partition coefficient (Wildman–Crippen LogP) is -0.254. The third kappa shape index (κ3) is 2.30. The molecule has 2 rings (SSSR count). The van der Waals surface area contributed by atoms with Crippen molar-refractivity contribution in [2.75, 3.05) is 11.5 Å². The minimum absolute atomic E-state index is 0.0339. The molecule has 0 aromatic carbocycles. The van der Waals surface area contributed by atoms with Crippen LogP contribution in [0.15, 0.2) is 0 Å². The van der Waals surface area contributed by atoms with Crippen LogP contribution in [0.2, 0.25) is 0 Å². The SMILES string of the molecule is NC(=S)C1(C(=O)NC2CCS(=O)(=O)C2)CCC1. The summed E-state index contributed by atoms with van der Waals surface area (Å²) in [6, 6.07) is -0.278. The number of amides is 1. The van der Waals surface area contributed by atoms with E-state index in [1.165, 1.54) is 0 Å². The fraction of sp³-hybridized carbons (Fsp3) is 0.800. The molecule has 0 radical (unpaired) electrons. The molecule has 1 saturated carbocycles. The molecule has 1 amide bonds. The highest BCUT2D eigenvalue weighted by atomic mass is 32.2. The lowest BCUT2D eigenvalue weighted by molar-refractivity contribution is -0.131. The van der Waals surface area contributed by atoms with E-state index >= 15 is 0 Å². The Bertz CT molecular complexity index is 454. The molecular weight excluding hydrogens is 260 g/mol. The summed E-state index contributed by atoms with van der Waals surface area (Å²) in [4.78, 5) is 12.3. The average molecular weight is 276 g/mol. The smallest absolute Gasteiger partial charge is 0.233 e. The van der Waals surface area contributed by atoms with E-state index in [2.05, 4.69) is 5.32 Å². The number of carbonyl (C=O) groups excluding carboxylic acids is 1. The second kappa shape index (κ2) is 4.20. The van der Waals surface area contributed by atoms with Gasteiger partial charge in [0.25, 0.3) is 0 Å². The molecule has 1 saturated heterocycles. The monoisotopic (exact) mass is 276 g/mol. The van der Waals surface area contributed by atoms with Gasteiger partial charge in [0.2, 0.25) is 5.91 Å². The highest BCUT2D eigenvalue weighted by Crippen LogP contribution is 2.41. The van der Waals surface area contributed by atoms with Gasteiger partial charge in [-0.1, -0.05) is 18.6 Å². The summed E-state index contributed by atoms with van der Waals surface area (Å²) in [6.07, 6.45) is 2.77. The fourth-order valence-electron chi connectivity index (χ4n) is 2.35. The van der Waals surface area contributed by atoms with E-state index in [4.69, 9.17) is 18.0 Å². The molecule has 1 aliphatic heterocycles. The van der Waals surface area contributed by atoms with Crippen LogP contribution in [-0.2, 0) is 14.6 Å². The second-order valence-corrected chi connectivity index (χ2v) is 7.54. The zero-order valence-corrected chi connectivity index (χ0v) is 11.1. The summed E-state index contributed by atoms with van der Waals surface area (Å²) in [7, 11) is -2.97. The first-order chi connectivity index (χ1) is 7.86. The van der Waals surface area contributed by atoms with Gasteiger partial charge in [-0.05, 0) is 19.3 Å². The highest BCUT2D eigenvalue weighted by Gasteiger charge is 2.47. The molecule has 0 bridgehead atoms. The first kappa shape index (κ1) is 12.8. The Morgan fingerprint density at radius 2 is 2.06 bits per heavy atom. The van der Waals surface area contributed by atoms with Crippen molar-refractivity contribution in [2.24, 2.45) is 11.1 Å². The molecule has 0 spiro atoms. The van der Waals surface area contributed by atoms with Gasteiger partial charge in [0.15, 0.2) is 9.84 Å². The number of carbonyl (C=O) groups is 1. The number of rotatable bonds is 3. The van der Waals surface area contributed by atoms with Crippen LogP contribution in [0.3, 0.4) is 0 Å². The number of hydrogen-bond donors (Lipinski definition) is 2. The van der Waals surface area contributed by atoms with Crippen LogP contribution in [0, 0.1) is 5.41 Å². The molecule has 5 nitrogen and oxygen atoms in total. The van der Waals surface area contributed by atoms with Gasteiger partial charge >= 0.3 is 0 Å². The van der Waals surface area contributed by atoms with Crippen LogP contribution < -0.4 is 11.1 Å². The van der Waals surface area contributed by atoms with Gasteiger partial charge in [-0.15, -0.1) is 0 Å². The zero-order chi connectivity index (χ0) is 12.7. The van der Waals surface area contributed by atoms with Gasteiger partial charge in [-0.3, -0.25) is 4.79 Å². The third-order valence-electron chi connectivity index (χ3n) is 3.68. The van der Waals surface area contributed by atoms with E-state index in [0.717, 1.165) is 6.42 Å². The number of sulfone groups is 1. The molecule has 3 N–H and O–H groups in total. The van der Waals surface area contributed by atoms with E-state index in [1.807, 2.05) is 0 Å². The van der Waals surface area contributed by atoms with Gasteiger partial charge in [-0.25, -0.2) is 8.42 Å². The minimum Gasteiger partial charge on any atom is -0.392 e. The molecule has 96 valence electrons. The summed E-state index contributed by atoms with van der Waals surface area (Å²) in [5.41, 5.74) is 4.89. The molecule has 1 atom stereocenters. The van der Waals surface area contributed by atoms with E-state index in [9.17, 15) is 13.2 Å². The predicted molar refractivity (Wildman–Crippen MR) is 68.3 cm³/mol. The van der Waals surface area contributed by atoms with Crippen molar-refractivity contribution in [2.45, 2.75) is 31.7 Å². The number of nitrogens with two attached hydrogens (primary N) is 1. The standard InChI is InChI=1S/C10H16N2O3S2/c11-8(16)10(3-1-4-10)9(13)12-7-2-5-17(14,15)6-7/h7H,1-6H2,(H2,11,16)(H,12,13). The number of hydrogen-bond acceptors (Lipinski definition) is 4. The van der Waals surface area contributed by atoms with Crippen molar-refractivity contribution in [3.8, 4) is 0 Å². The maximum Gasteiger partial charge on any atom is 0.233 e. The lowest BCUT2D eigenvalue weighted by Crippen LogP contribution is -2.55. The van der Waals surface area contributed by atoms with E-state index < -0.39 is 15.3 Å². The molecule has 0 aromatic heterocycles. The first-order valence-electron chi connectivity index (χ1n) is 5.67. The van der Waals surface area contributed by atoms with E-state index in [1.54, 1.807) is 0 Å².